The zero-order valence-electron chi connectivity index (χ0n) is 7.97. The summed E-state index contributed by atoms with van der Waals surface area (Å²) in [6.07, 6.45) is 0. The Morgan fingerprint density at radius 2 is 0.800 bits per heavy atom. The molecule has 2 rings (SSSR count). The van der Waals surface area contributed by atoms with Crippen LogP contribution in [0.3, 0.4) is 0 Å². The van der Waals surface area contributed by atoms with Crippen LogP contribution in [0, 0.1) is 0 Å². The fourth-order valence-electron chi connectivity index (χ4n) is 0.841. The molecule has 2 aromatic carbocycles. The van der Waals surface area contributed by atoms with Gasteiger partial charge in [-0.2, -0.15) is 9.79 Å². The maximum absolute atomic E-state index is 4.81. The fourth-order valence-corrected chi connectivity index (χ4v) is 1.16. The predicted molar refractivity (Wildman–Crippen MR) is 64.1 cm³/mol. The molecular formula is C12H10MnS2. The first-order valence-electron chi connectivity index (χ1n) is 4.23. The van der Waals surface area contributed by atoms with E-state index in [1.54, 1.807) is 0 Å². The first kappa shape index (κ1) is 14.4. The molecule has 0 saturated heterocycles. The van der Waals surface area contributed by atoms with Crippen LogP contribution in [0.2, 0.25) is 0 Å². The Morgan fingerprint density at radius 3 is 0.933 bits per heavy atom. The van der Waals surface area contributed by atoms with Gasteiger partial charge in [0.25, 0.3) is 0 Å². The maximum Gasteiger partial charge on any atom is 2.00 e. The first-order valence-corrected chi connectivity index (χ1v) is 5.05. The van der Waals surface area contributed by atoms with Gasteiger partial charge in [0, 0.05) is 0 Å². The van der Waals surface area contributed by atoms with Gasteiger partial charge in [-0.3, -0.25) is 0 Å². The van der Waals surface area contributed by atoms with E-state index in [-0.39, 0.29) is 17.1 Å². The smallest absolute Gasteiger partial charge is 0.780 e. The summed E-state index contributed by atoms with van der Waals surface area (Å²) in [6, 6.07) is 19.2. The maximum atomic E-state index is 4.81. The molecule has 15 heavy (non-hydrogen) atoms. The average Bonchev–Trinajstić information content (AvgIpc) is 2.21. The molecule has 0 fully saturated rings. The van der Waals surface area contributed by atoms with Crippen LogP contribution < -0.4 is 0 Å². The summed E-state index contributed by atoms with van der Waals surface area (Å²) in [6.45, 7) is 0. The summed E-state index contributed by atoms with van der Waals surface area (Å²) in [4.78, 5) is 1.81. The van der Waals surface area contributed by atoms with Crippen LogP contribution in [-0.4, -0.2) is 0 Å². The Labute approximate surface area is 112 Å². The molecule has 77 valence electrons. The zero-order valence-corrected chi connectivity index (χ0v) is 10.8. The van der Waals surface area contributed by atoms with Gasteiger partial charge >= 0.3 is 17.1 Å². The summed E-state index contributed by atoms with van der Waals surface area (Å²) < 4.78 is 0. The monoisotopic (exact) mass is 273 g/mol. The molecule has 0 nitrogen and oxygen atoms in total. The minimum Gasteiger partial charge on any atom is -0.780 e. The normalized spacial score (nSPS) is 8.00. The van der Waals surface area contributed by atoms with Crippen molar-refractivity contribution in [2.75, 3.05) is 0 Å². The van der Waals surface area contributed by atoms with Crippen LogP contribution in [-0.2, 0) is 42.3 Å². The second-order valence-electron chi connectivity index (χ2n) is 2.63. The van der Waals surface area contributed by atoms with E-state index in [2.05, 4.69) is 0 Å². The topological polar surface area (TPSA) is 0 Å². The van der Waals surface area contributed by atoms with Gasteiger partial charge in [-0.05, 0) is 0 Å². The molecule has 0 aliphatic rings. The van der Waals surface area contributed by atoms with Gasteiger partial charge in [0.15, 0.2) is 0 Å². The fraction of sp³-hybridized carbons (Fsp3) is 0. The van der Waals surface area contributed by atoms with Crippen LogP contribution in [0.15, 0.2) is 70.5 Å². The van der Waals surface area contributed by atoms with Crippen molar-refractivity contribution in [2.24, 2.45) is 0 Å². The van der Waals surface area contributed by atoms with E-state index in [9.17, 15) is 0 Å². The second-order valence-corrected chi connectivity index (χ2v) is 3.57. The van der Waals surface area contributed by atoms with Crippen molar-refractivity contribution in [3.8, 4) is 0 Å². The van der Waals surface area contributed by atoms with Crippen molar-refractivity contribution in [1.82, 2.24) is 0 Å². The molecule has 0 aromatic heterocycles. The minimum absolute atomic E-state index is 0. The number of hydrogen-bond acceptors (Lipinski definition) is 2. The Hall–Kier alpha value is -0.601. The van der Waals surface area contributed by atoms with E-state index in [4.69, 9.17) is 25.3 Å². The number of hydrogen-bond donors (Lipinski definition) is 0. The molecule has 2 aromatic rings. The molecule has 1 radical (unpaired) electrons. The predicted octanol–water partition coefficient (Wildman–Crippen LogP) is 3.18. The Kier molecular flexibility index (Phi) is 8.34. The molecule has 0 unspecified atom stereocenters. The van der Waals surface area contributed by atoms with Gasteiger partial charge in [0.2, 0.25) is 0 Å². The molecule has 0 aliphatic carbocycles. The van der Waals surface area contributed by atoms with E-state index >= 15 is 0 Å². The zero-order chi connectivity index (χ0) is 10.2. The Morgan fingerprint density at radius 1 is 0.533 bits per heavy atom. The van der Waals surface area contributed by atoms with E-state index in [0.717, 1.165) is 9.79 Å². The van der Waals surface area contributed by atoms with Crippen LogP contribution in [0.25, 0.3) is 0 Å². The molecule has 0 amide bonds. The van der Waals surface area contributed by atoms with Gasteiger partial charge < -0.3 is 25.3 Å². The molecule has 0 saturated carbocycles. The largest absolute Gasteiger partial charge is 2.00 e. The molecule has 0 aliphatic heterocycles. The van der Waals surface area contributed by atoms with E-state index in [0.29, 0.717) is 0 Å². The van der Waals surface area contributed by atoms with E-state index in [1.165, 1.54) is 0 Å². The standard InChI is InChI=1S/2C6H6S.Mn/c2*7-6-4-2-1-3-5-6;/h2*1-5,7H;/q;;+2/p-2. The van der Waals surface area contributed by atoms with Crippen molar-refractivity contribution in [2.45, 2.75) is 9.79 Å². The molecular weight excluding hydrogens is 263 g/mol. The van der Waals surface area contributed by atoms with Gasteiger partial charge in [-0.15, -0.1) is 0 Å². The van der Waals surface area contributed by atoms with Gasteiger partial charge in [-0.25, -0.2) is 0 Å². The van der Waals surface area contributed by atoms with Gasteiger partial charge in [0.1, 0.15) is 0 Å². The van der Waals surface area contributed by atoms with Crippen LogP contribution >= 0.6 is 0 Å². The molecule has 0 heterocycles. The number of benzene rings is 2. The third-order valence-corrected chi connectivity index (χ3v) is 2.03. The summed E-state index contributed by atoms with van der Waals surface area (Å²) in [7, 11) is 0. The quantitative estimate of drug-likeness (QED) is 0.534. The molecule has 0 bridgehead atoms. The molecule has 0 atom stereocenters. The third-order valence-electron chi connectivity index (χ3n) is 1.49. The van der Waals surface area contributed by atoms with E-state index in [1.807, 2.05) is 60.7 Å². The summed E-state index contributed by atoms with van der Waals surface area (Å²) in [5.41, 5.74) is 0. The van der Waals surface area contributed by atoms with E-state index < -0.39 is 0 Å². The summed E-state index contributed by atoms with van der Waals surface area (Å²) in [5, 5.41) is 0. The second kappa shape index (κ2) is 8.69. The average molecular weight is 273 g/mol. The van der Waals surface area contributed by atoms with Crippen molar-refractivity contribution in [1.29, 1.82) is 0 Å². The van der Waals surface area contributed by atoms with Gasteiger partial charge in [0.05, 0.1) is 0 Å². The van der Waals surface area contributed by atoms with Crippen LogP contribution in [0.4, 0.5) is 0 Å². The summed E-state index contributed by atoms with van der Waals surface area (Å²) in [5.74, 6) is 0. The minimum atomic E-state index is 0. The summed E-state index contributed by atoms with van der Waals surface area (Å²) >= 11 is 9.62. The molecule has 0 N–H and O–H groups in total. The first-order chi connectivity index (χ1) is 6.79. The molecule has 3 heteroatoms. The Balaban J connectivity index is 0.000000245. The van der Waals surface area contributed by atoms with Crippen molar-refractivity contribution in [3.63, 3.8) is 0 Å². The van der Waals surface area contributed by atoms with Gasteiger partial charge in [-0.1, -0.05) is 60.7 Å². The number of rotatable bonds is 0. The Bertz CT molecular complexity index is 311. The third kappa shape index (κ3) is 7.34. The van der Waals surface area contributed by atoms with Crippen LogP contribution in [0.5, 0.6) is 0 Å². The van der Waals surface area contributed by atoms with Crippen molar-refractivity contribution in [3.05, 3.63) is 60.7 Å². The van der Waals surface area contributed by atoms with Crippen molar-refractivity contribution >= 4 is 25.3 Å². The van der Waals surface area contributed by atoms with Crippen LogP contribution in [0.1, 0.15) is 0 Å². The molecule has 0 spiro atoms. The van der Waals surface area contributed by atoms with Crippen molar-refractivity contribution < 1.29 is 17.1 Å². The SMILES string of the molecule is [Mn+2].[S-]c1ccccc1.[S-]c1ccccc1.